The zero-order valence-electron chi connectivity index (χ0n) is 12.5. The number of hydrogen-bond donors (Lipinski definition) is 2. The van der Waals surface area contributed by atoms with Crippen molar-refractivity contribution in [3.63, 3.8) is 0 Å². The Labute approximate surface area is 130 Å². The standard InChI is InChI=1S/C18H21FN2O/c19-15-6-7-18-16(8-15)17(10-21-18)14(9-20)12-22-11-13-4-2-1-3-5-13/h1-8,14,17,21H,9-12,20H2/t14-,17?/m1/s1. The molecule has 1 heterocycles. The number of ether oxygens (including phenoxy) is 1. The maximum Gasteiger partial charge on any atom is 0.123 e. The van der Waals surface area contributed by atoms with Gasteiger partial charge in [0.1, 0.15) is 5.82 Å². The summed E-state index contributed by atoms with van der Waals surface area (Å²) in [4.78, 5) is 0. The molecule has 0 radical (unpaired) electrons. The Kier molecular flexibility index (Phi) is 4.71. The zero-order valence-corrected chi connectivity index (χ0v) is 12.5. The normalized spacial score (nSPS) is 17.8. The number of anilines is 1. The number of halogens is 1. The molecule has 1 unspecified atom stereocenters. The zero-order chi connectivity index (χ0) is 15.4. The molecule has 0 fully saturated rings. The molecule has 3 rings (SSSR count). The molecule has 0 aromatic heterocycles. The van der Waals surface area contributed by atoms with E-state index in [2.05, 4.69) is 5.32 Å². The number of hydrogen-bond acceptors (Lipinski definition) is 3. The second kappa shape index (κ2) is 6.90. The third-order valence-electron chi connectivity index (χ3n) is 4.24. The van der Waals surface area contributed by atoms with E-state index in [1.54, 1.807) is 12.1 Å². The highest BCUT2D eigenvalue weighted by molar-refractivity contribution is 5.58. The molecule has 0 aliphatic carbocycles. The van der Waals surface area contributed by atoms with E-state index < -0.39 is 0 Å². The Morgan fingerprint density at radius 1 is 1.23 bits per heavy atom. The smallest absolute Gasteiger partial charge is 0.123 e. The minimum Gasteiger partial charge on any atom is -0.384 e. The first-order valence-corrected chi connectivity index (χ1v) is 7.63. The average Bonchev–Trinajstić information content (AvgIpc) is 2.95. The van der Waals surface area contributed by atoms with Gasteiger partial charge in [-0.25, -0.2) is 4.39 Å². The topological polar surface area (TPSA) is 47.3 Å². The first-order valence-electron chi connectivity index (χ1n) is 7.63. The Morgan fingerprint density at radius 2 is 2.05 bits per heavy atom. The molecular formula is C18H21FN2O. The van der Waals surface area contributed by atoms with Crippen molar-refractivity contribution in [1.29, 1.82) is 0 Å². The first-order chi connectivity index (χ1) is 10.8. The quantitative estimate of drug-likeness (QED) is 0.861. The van der Waals surface area contributed by atoms with E-state index in [1.807, 2.05) is 30.3 Å². The fraction of sp³-hybridized carbons (Fsp3) is 0.333. The van der Waals surface area contributed by atoms with Crippen LogP contribution in [0.4, 0.5) is 10.1 Å². The van der Waals surface area contributed by atoms with E-state index in [0.717, 1.165) is 23.4 Å². The van der Waals surface area contributed by atoms with Crippen LogP contribution in [-0.2, 0) is 11.3 Å². The number of nitrogens with one attached hydrogen (secondary N) is 1. The van der Waals surface area contributed by atoms with Crippen LogP contribution >= 0.6 is 0 Å². The molecule has 2 atom stereocenters. The van der Waals surface area contributed by atoms with Crippen molar-refractivity contribution in [2.45, 2.75) is 12.5 Å². The van der Waals surface area contributed by atoms with Gasteiger partial charge in [0.15, 0.2) is 0 Å². The van der Waals surface area contributed by atoms with Gasteiger partial charge >= 0.3 is 0 Å². The van der Waals surface area contributed by atoms with Crippen LogP contribution in [0.25, 0.3) is 0 Å². The van der Waals surface area contributed by atoms with E-state index in [4.69, 9.17) is 10.5 Å². The van der Waals surface area contributed by atoms with Gasteiger partial charge in [-0.05, 0) is 35.9 Å². The van der Waals surface area contributed by atoms with Crippen LogP contribution in [-0.4, -0.2) is 19.7 Å². The van der Waals surface area contributed by atoms with Gasteiger partial charge in [0.05, 0.1) is 13.2 Å². The minimum atomic E-state index is -0.201. The Hall–Kier alpha value is -1.91. The lowest BCUT2D eigenvalue weighted by molar-refractivity contribution is 0.0822. The fourth-order valence-corrected chi connectivity index (χ4v) is 3.00. The predicted molar refractivity (Wildman–Crippen MR) is 86.3 cm³/mol. The summed E-state index contributed by atoms with van der Waals surface area (Å²) in [6.07, 6.45) is 0. The summed E-state index contributed by atoms with van der Waals surface area (Å²) >= 11 is 0. The maximum absolute atomic E-state index is 13.5. The summed E-state index contributed by atoms with van der Waals surface area (Å²) in [7, 11) is 0. The number of rotatable bonds is 6. The van der Waals surface area contributed by atoms with E-state index in [-0.39, 0.29) is 17.7 Å². The van der Waals surface area contributed by atoms with Crippen molar-refractivity contribution < 1.29 is 9.13 Å². The van der Waals surface area contributed by atoms with Crippen LogP contribution in [0.5, 0.6) is 0 Å². The summed E-state index contributed by atoms with van der Waals surface area (Å²) in [5, 5.41) is 3.32. The highest BCUT2D eigenvalue weighted by Crippen LogP contribution is 2.36. The summed E-state index contributed by atoms with van der Waals surface area (Å²) in [5.74, 6) is 0.180. The molecule has 22 heavy (non-hydrogen) atoms. The second-order valence-electron chi connectivity index (χ2n) is 5.72. The number of benzene rings is 2. The monoisotopic (exact) mass is 300 g/mol. The van der Waals surface area contributed by atoms with Crippen molar-refractivity contribution in [3.8, 4) is 0 Å². The number of nitrogens with two attached hydrogens (primary N) is 1. The third kappa shape index (κ3) is 3.29. The highest BCUT2D eigenvalue weighted by atomic mass is 19.1. The van der Waals surface area contributed by atoms with Gasteiger partial charge in [0.25, 0.3) is 0 Å². The lowest BCUT2D eigenvalue weighted by atomic mass is 9.88. The van der Waals surface area contributed by atoms with Crippen LogP contribution in [0.3, 0.4) is 0 Å². The fourth-order valence-electron chi connectivity index (χ4n) is 3.00. The van der Waals surface area contributed by atoms with Crippen LogP contribution in [0.1, 0.15) is 17.0 Å². The van der Waals surface area contributed by atoms with E-state index in [1.165, 1.54) is 6.07 Å². The molecule has 0 amide bonds. The summed E-state index contributed by atoms with van der Waals surface area (Å²) in [5.41, 5.74) is 9.09. The second-order valence-corrected chi connectivity index (χ2v) is 5.72. The Morgan fingerprint density at radius 3 is 2.82 bits per heavy atom. The van der Waals surface area contributed by atoms with Crippen LogP contribution < -0.4 is 11.1 Å². The average molecular weight is 300 g/mol. The molecule has 0 saturated carbocycles. The molecule has 2 aromatic rings. The van der Waals surface area contributed by atoms with E-state index in [9.17, 15) is 4.39 Å². The Bertz CT molecular complexity index is 618. The van der Waals surface area contributed by atoms with Gasteiger partial charge < -0.3 is 15.8 Å². The molecule has 2 aromatic carbocycles. The van der Waals surface area contributed by atoms with Gasteiger partial charge in [-0.2, -0.15) is 0 Å². The van der Waals surface area contributed by atoms with Crippen molar-refractivity contribution in [2.75, 3.05) is 25.0 Å². The molecular weight excluding hydrogens is 279 g/mol. The highest BCUT2D eigenvalue weighted by Gasteiger charge is 2.29. The van der Waals surface area contributed by atoms with Crippen molar-refractivity contribution in [3.05, 3.63) is 65.5 Å². The molecule has 4 heteroatoms. The van der Waals surface area contributed by atoms with Crippen molar-refractivity contribution in [2.24, 2.45) is 11.7 Å². The van der Waals surface area contributed by atoms with E-state index >= 15 is 0 Å². The molecule has 1 aliphatic heterocycles. The molecule has 3 N–H and O–H groups in total. The lowest BCUT2D eigenvalue weighted by Gasteiger charge is -2.22. The van der Waals surface area contributed by atoms with Gasteiger partial charge in [-0.3, -0.25) is 0 Å². The molecule has 0 bridgehead atoms. The Balaban J connectivity index is 1.62. The van der Waals surface area contributed by atoms with Gasteiger partial charge in [-0.1, -0.05) is 30.3 Å². The predicted octanol–water partition coefficient (Wildman–Crippen LogP) is 3.13. The third-order valence-corrected chi connectivity index (χ3v) is 4.24. The lowest BCUT2D eigenvalue weighted by Crippen LogP contribution is -2.27. The van der Waals surface area contributed by atoms with Crippen LogP contribution in [0, 0.1) is 11.7 Å². The van der Waals surface area contributed by atoms with Crippen LogP contribution in [0.2, 0.25) is 0 Å². The largest absolute Gasteiger partial charge is 0.384 e. The first kappa shape index (κ1) is 15.0. The summed E-state index contributed by atoms with van der Waals surface area (Å²) < 4.78 is 19.3. The molecule has 1 aliphatic rings. The molecule has 116 valence electrons. The minimum absolute atomic E-state index is 0.180. The SMILES string of the molecule is NC[C@H](COCc1ccccc1)C1CNc2ccc(F)cc21. The number of fused-ring (bicyclic) bond motifs is 1. The van der Waals surface area contributed by atoms with Crippen molar-refractivity contribution in [1.82, 2.24) is 0 Å². The van der Waals surface area contributed by atoms with Gasteiger partial charge in [0, 0.05) is 24.1 Å². The summed E-state index contributed by atoms with van der Waals surface area (Å²) in [6.45, 7) is 2.47. The van der Waals surface area contributed by atoms with Gasteiger partial charge in [-0.15, -0.1) is 0 Å². The van der Waals surface area contributed by atoms with Crippen molar-refractivity contribution >= 4 is 5.69 Å². The van der Waals surface area contributed by atoms with Gasteiger partial charge in [0.2, 0.25) is 0 Å². The summed E-state index contributed by atoms with van der Waals surface area (Å²) in [6, 6.07) is 15.0. The van der Waals surface area contributed by atoms with E-state index in [0.29, 0.717) is 19.8 Å². The molecule has 3 nitrogen and oxygen atoms in total. The molecule has 0 spiro atoms. The maximum atomic E-state index is 13.5. The molecule has 0 saturated heterocycles. The van der Waals surface area contributed by atoms with Crippen LogP contribution in [0.15, 0.2) is 48.5 Å².